The van der Waals surface area contributed by atoms with Crippen LogP contribution in [0, 0.1) is 15.9 Å². The van der Waals surface area contributed by atoms with E-state index in [1.165, 1.54) is 12.1 Å². The average Bonchev–Trinajstić information content (AvgIpc) is 2.46. The highest BCUT2D eigenvalue weighted by atomic mass is 19.1. The molecule has 0 radical (unpaired) electrons. The highest BCUT2D eigenvalue weighted by Gasteiger charge is 2.09. The van der Waals surface area contributed by atoms with E-state index in [9.17, 15) is 14.5 Å². The van der Waals surface area contributed by atoms with Crippen LogP contribution in [-0.4, -0.2) is 11.5 Å². The Bertz CT molecular complexity index is 629. The van der Waals surface area contributed by atoms with Crippen LogP contribution in [-0.2, 0) is 13.0 Å². The minimum absolute atomic E-state index is 0.268. The fourth-order valence-corrected chi connectivity index (χ4v) is 1.98. The first-order chi connectivity index (χ1) is 10.1. The second-order valence-corrected chi connectivity index (χ2v) is 4.66. The molecule has 2 aromatic rings. The second kappa shape index (κ2) is 6.81. The quantitative estimate of drug-likeness (QED) is 0.633. The summed E-state index contributed by atoms with van der Waals surface area (Å²) in [6, 6.07) is 11.3. The standard InChI is InChI=1S/C15H16FN3O2/c16-13-7-14(9-15(8-13)19(20)21)18-10-12-3-1-11(2-4-12)5-6-17/h1-4,7-9,18H,5-6,10,17H2. The molecule has 0 spiro atoms. The molecule has 0 saturated heterocycles. The molecule has 0 heterocycles. The van der Waals surface area contributed by atoms with Crippen LogP contribution >= 0.6 is 0 Å². The SMILES string of the molecule is NCCc1ccc(CNc2cc(F)cc([N+](=O)[O-])c2)cc1. The first-order valence-electron chi connectivity index (χ1n) is 6.55. The zero-order chi connectivity index (χ0) is 15.2. The third kappa shape index (κ3) is 4.25. The molecule has 0 saturated carbocycles. The Hall–Kier alpha value is -2.47. The molecule has 0 atom stereocenters. The van der Waals surface area contributed by atoms with Gasteiger partial charge < -0.3 is 11.1 Å². The van der Waals surface area contributed by atoms with E-state index in [4.69, 9.17) is 5.73 Å². The van der Waals surface area contributed by atoms with Gasteiger partial charge in [-0.3, -0.25) is 10.1 Å². The lowest BCUT2D eigenvalue weighted by Gasteiger charge is -2.07. The van der Waals surface area contributed by atoms with Crippen LogP contribution in [0.3, 0.4) is 0 Å². The van der Waals surface area contributed by atoms with Gasteiger partial charge in [0.25, 0.3) is 5.69 Å². The Morgan fingerprint density at radius 2 is 1.81 bits per heavy atom. The molecule has 2 aromatic carbocycles. The summed E-state index contributed by atoms with van der Waals surface area (Å²) in [4.78, 5) is 10.1. The molecule has 6 heteroatoms. The number of hydrogen-bond donors (Lipinski definition) is 2. The lowest BCUT2D eigenvalue weighted by molar-refractivity contribution is -0.385. The van der Waals surface area contributed by atoms with Crippen LogP contribution in [0.4, 0.5) is 15.8 Å². The molecule has 0 unspecified atom stereocenters. The molecule has 110 valence electrons. The number of anilines is 1. The van der Waals surface area contributed by atoms with Gasteiger partial charge in [-0.25, -0.2) is 4.39 Å². The minimum Gasteiger partial charge on any atom is -0.381 e. The monoisotopic (exact) mass is 289 g/mol. The Balaban J connectivity index is 2.04. The van der Waals surface area contributed by atoms with Crippen molar-refractivity contribution in [3.63, 3.8) is 0 Å². The highest BCUT2D eigenvalue weighted by molar-refractivity contribution is 5.51. The lowest BCUT2D eigenvalue weighted by atomic mass is 10.1. The van der Waals surface area contributed by atoms with Crippen LogP contribution in [0.1, 0.15) is 11.1 Å². The predicted molar refractivity (Wildman–Crippen MR) is 79.6 cm³/mol. The van der Waals surface area contributed by atoms with Crippen LogP contribution in [0.2, 0.25) is 0 Å². The number of benzene rings is 2. The summed E-state index contributed by atoms with van der Waals surface area (Å²) in [7, 11) is 0. The summed E-state index contributed by atoms with van der Waals surface area (Å²) in [5.41, 5.74) is 7.76. The summed E-state index contributed by atoms with van der Waals surface area (Å²) in [6.45, 7) is 1.06. The minimum atomic E-state index is -0.634. The molecular formula is C15H16FN3O2. The van der Waals surface area contributed by atoms with Crippen molar-refractivity contribution >= 4 is 11.4 Å². The zero-order valence-corrected chi connectivity index (χ0v) is 11.4. The van der Waals surface area contributed by atoms with Gasteiger partial charge in [0.2, 0.25) is 0 Å². The fourth-order valence-electron chi connectivity index (χ4n) is 1.98. The van der Waals surface area contributed by atoms with Crippen molar-refractivity contribution in [2.75, 3.05) is 11.9 Å². The topological polar surface area (TPSA) is 81.2 Å². The molecule has 0 amide bonds. The summed E-state index contributed by atoms with van der Waals surface area (Å²) in [6.07, 6.45) is 0.823. The molecule has 5 nitrogen and oxygen atoms in total. The maximum absolute atomic E-state index is 13.3. The van der Waals surface area contributed by atoms with Crippen molar-refractivity contribution in [3.05, 3.63) is 69.5 Å². The Morgan fingerprint density at radius 1 is 1.14 bits per heavy atom. The number of nitro groups is 1. The molecule has 0 aliphatic rings. The number of nitrogens with zero attached hydrogens (tertiary/aromatic N) is 1. The number of hydrogen-bond acceptors (Lipinski definition) is 4. The van der Waals surface area contributed by atoms with Crippen LogP contribution in [0.5, 0.6) is 0 Å². The van der Waals surface area contributed by atoms with Crippen molar-refractivity contribution in [3.8, 4) is 0 Å². The molecule has 0 aliphatic heterocycles. The first-order valence-corrected chi connectivity index (χ1v) is 6.55. The van der Waals surface area contributed by atoms with E-state index in [0.717, 1.165) is 23.6 Å². The van der Waals surface area contributed by atoms with Gasteiger partial charge in [0.1, 0.15) is 5.82 Å². The number of nitro benzene ring substituents is 1. The molecule has 3 N–H and O–H groups in total. The van der Waals surface area contributed by atoms with Crippen molar-refractivity contribution in [1.29, 1.82) is 0 Å². The Labute approximate surface area is 121 Å². The van der Waals surface area contributed by atoms with Crippen molar-refractivity contribution in [2.24, 2.45) is 5.73 Å². The maximum Gasteiger partial charge on any atom is 0.274 e. The third-order valence-electron chi connectivity index (χ3n) is 3.05. The van der Waals surface area contributed by atoms with Gasteiger partial charge in [0, 0.05) is 18.3 Å². The largest absolute Gasteiger partial charge is 0.381 e. The molecule has 0 aliphatic carbocycles. The first kappa shape index (κ1) is 14.9. The van der Waals surface area contributed by atoms with Gasteiger partial charge in [-0.2, -0.15) is 0 Å². The lowest BCUT2D eigenvalue weighted by Crippen LogP contribution is -2.03. The average molecular weight is 289 g/mol. The summed E-state index contributed by atoms with van der Waals surface area (Å²) < 4.78 is 13.3. The van der Waals surface area contributed by atoms with E-state index in [0.29, 0.717) is 18.8 Å². The van der Waals surface area contributed by atoms with Gasteiger partial charge in [-0.05, 0) is 30.2 Å². The fraction of sp³-hybridized carbons (Fsp3) is 0.200. The summed E-state index contributed by atoms with van der Waals surface area (Å²) in [5, 5.41) is 13.7. The van der Waals surface area contributed by atoms with Gasteiger partial charge >= 0.3 is 0 Å². The number of halogens is 1. The molecule has 0 bridgehead atoms. The normalized spacial score (nSPS) is 10.4. The molecule has 0 fully saturated rings. The zero-order valence-electron chi connectivity index (χ0n) is 11.4. The molecule has 2 rings (SSSR count). The van der Waals surface area contributed by atoms with Crippen LogP contribution < -0.4 is 11.1 Å². The van der Waals surface area contributed by atoms with E-state index < -0.39 is 10.7 Å². The van der Waals surface area contributed by atoms with Crippen LogP contribution in [0.15, 0.2) is 42.5 Å². The maximum atomic E-state index is 13.3. The second-order valence-electron chi connectivity index (χ2n) is 4.66. The van der Waals surface area contributed by atoms with Crippen LogP contribution in [0.25, 0.3) is 0 Å². The van der Waals surface area contributed by atoms with E-state index in [1.54, 1.807) is 0 Å². The van der Waals surface area contributed by atoms with Crippen molar-refractivity contribution in [2.45, 2.75) is 13.0 Å². The predicted octanol–water partition coefficient (Wildman–Crippen LogP) is 2.85. The van der Waals surface area contributed by atoms with E-state index in [-0.39, 0.29) is 5.69 Å². The Kier molecular flexibility index (Phi) is 4.84. The molecule has 0 aromatic heterocycles. The Morgan fingerprint density at radius 3 is 2.43 bits per heavy atom. The van der Waals surface area contributed by atoms with E-state index in [1.807, 2.05) is 24.3 Å². The van der Waals surface area contributed by atoms with Crippen molar-refractivity contribution < 1.29 is 9.31 Å². The van der Waals surface area contributed by atoms with E-state index in [2.05, 4.69) is 5.32 Å². The molecule has 21 heavy (non-hydrogen) atoms. The van der Waals surface area contributed by atoms with E-state index >= 15 is 0 Å². The number of nitrogens with two attached hydrogens (primary N) is 1. The summed E-state index contributed by atoms with van der Waals surface area (Å²) in [5.74, 6) is -0.634. The summed E-state index contributed by atoms with van der Waals surface area (Å²) >= 11 is 0. The number of non-ortho nitro benzene ring substituents is 1. The van der Waals surface area contributed by atoms with Gasteiger partial charge in [-0.1, -0.05) is 24.3 Å². The number of nitrogens with one attached hydrogen (secondary N) is 1. The molecular weight excluding hydrogens is 273 g/mol. The van der Waals surface area contributed by atoms with Gasteiger partial charge in [0.05, 0.1) is 11.0 Å². The highest BCUT2D eigenvalue weighted by Crippen LogP contribution is 2.20. The van der Waals surface area contributed by atoms with Crippen molar-refractivity contribution in [1.82, 2.24) is 0 Å². The third-order valence-corrected chi connectivity index (χ3v) is 3.05. The van der Waals surface area contributed by atoms with Gasteiger partial charge in [-0.15, -0.1) is 0 Å². The smallest absolute Gasteiger partial charge is 0.274 e. The number of rotatable bonds is 6. The van der Waals surface area contributed by atoms with Gasteiger partial charge in [0.15, 0.2) is 0 Å².